The molecule has 2 amide bonds. The number of hydrogen-bond donors (Lipinski definition) is 3. The number of hydrogen-bond acceptors (Lipinski definition) is 5. The van der Waals surface area contributed by atoms with Gasteiger partial charge in [-0.05, 0) is 18.6 Å². The Hall–Kier alpha value is -2.64. The summed E-state index contributed by atoms with van der Waals surface area (Å²) >= 11 is 0. The molecule has 0 bridgehead atoms. The Morgan fingerprint density at radius 2 is 2.00 bits per heavy atom. The van der Waals surface area contributed by atoms with E-state index in [2.05, 4.69) is 10.6 Å². The average molecular weight is 294 g/mol. The molecule has 0 unspecified atom stereocenters. The normalized spacial score (nSPS) is 9.95. The molecular formula is C13H18N4O4. The Kier molecular flexibility index (Phi) is 6.12. The molecule has 8 heteroatoms. The molecule has 0 spiro atoms. The second-order valence-electron chi connectivity index (χ2n) is 4.39. The van der Waals surface area contributed by atoms with E-state index < -0.39 is 10.8 Å². The van der Waals surface area contributed by atoms with Crippen LogP contribution in [-0.4, -0.2) is 29.8 Å². The Balaban J connectivity index is 2.55. The monoisotopic (exact) mass is 294 g/mol. The standard InChI is InChI=1S/C13H18N4O4/c1-2-6-15-12(18)5-7-16-13(19)9-3-4-10(14)11(8-9)17(20)21/h3-4,8H,2,5-7,14H2,1H3,(H,15,18)(H,16,19). The maximum Gasteiger partial charge on any atom is 0.292 e. The highest BCUT2D eigenvalue weighted by molar-refractivity contribution is 5.95. The minimum absolute atomic E-state index is 0.00417. The first kappa shape index (κ1) is 16.4. The molecule has 0 heterocycles. The Morgan fingerprint density at radius 3 is 2.62 bits per heavy atom. The first-order valence-corrected chi connectivity index (χ1v) is 6.54. The molecule has 0 aliphatic rings. The molecule has 1 aromatic carbocycles. The van der Waals surface area contributed by atoms with Gasteiger partial charge < -0.3 is 16.4 Å². The van der Waals surface area contributed by atoms with Crippen molar-refractivity contribution in [3.8, 4) is 0 Å². The summed E-state index contributed by atoms with van der Waals surface area (Å²) in [7, 11) is 0. The molecule has 0 saturated heterocycles. The van der Waals surface area contributed by atoms with E-state index in [0.29, 0.717) is 6.54 Å². The van der Waals surface area contributed by atoms with Crippen LogP contribution in [0.1, 0.15) is 30.1 Å². The van der Waals surface area contributed by atoms with Crippen molar-refractivity contribution in [2.45, 2.75) is 19.8 Å². The Labute approximate surface area is 121 Å². The first-order chi connectivity index (χ1) is 9.95. The largest absolute Gasteiger partial charge is 0.393 e. The third-order valence-corrected chi connectivity index (χ3v) is 2.70. The van der Waals surface area contributed by atoms with Gasteiger partial charge in [-0.3, -0.25) is 19.7 Å². The van der Waals surface area contributed by atoms with Crippen LogP contribution >= 0.6 is 0 Å². The highest BCUT2D eigenvalue weighted by atomic mass is 16.6. The van der Waals surface area contributed by atoms with E-state index in [0.717, 1.165) is 12.5 Å². The molecule has 1 aromatic rings. The van der Waals surface area contributed by atoms with Gasteiger partial charge in [-0.1, -0.05) is 6.92 Å². The quantitative estimate of drug-likeness (QED) is 0.390. The van der Waals surface area contributed by atoms with Crippen LogP contribution in [0.4, 0.5) is 11.4 Å². The molecule has 0 atom stereocenters. The summed E-state index contributed by atoms with van der Waals surface area (Å²) in [5.41, 5.74) is 5.26. The lowest BCUT2D eigenvalue weighted by Gasteiger charge is -2.06. The number of carbonyl (C=O) groups excluding carboxylic acids is 2. The maximum atomic E-state index is 11.8. The van der Waals surface area contributed by atoms with Crippen LogP contribution in [0.3, 0.4) is 0 Å². The summed E-state index contributed by atoms with van der Waals surface area (Å²) in [5, 5.41) is 16.0. The molecule has 0 fully saturated rings. The Morgan fingerprint density at radius 1 is 1.29 bits per heavy atom. The summed E-state index contributed by atoms with van der Waals surface area (Å²) in [6.45, 7) is 2.69. The first-order valence-electron chi connectivity index (χ1n) is 6.54. The van der Waals surface area contributed by atoms with Crippen molar-refractivity contribution < 1.29 is 14.5 Å². The molecule has 4 N–H and O–H groups in total. The molecule has 0 aliphatic heterocycles. The van der Waals surface area contributed by atoms with Crippen LogP contribution in [0.5, 0.6) is 0 Å². The maximum absolute atomic E-state index is 11.8. The number of rotatable bonds is 7. The van der Waals surface area contributed by atoms with Gasteiger partial charge in [-0.25, -0.2) is 0 Å². The number of nitrogens with two attached hydrogens (primary N) is 1. The van der Waals surface area contributed by atoms with Crippen LogP contribution in [0, 0.1) is 10.1 Å². The smallest absolute Gasteiger partial charge is 0.292 e. The van der Waals surface area contributed by atoms with Gasteiger partial charge in [-0.15, -0.1) is 0 Å². The molecule has 114 valence electrons. The molecule has 0 aliphatic carbocycles. The molecule has 8 nitrogen and oxygen atoms in total. The van der Waals surface area contributed by atoms with Gasteiger partial charge in [0, 0.05) is 31.1 Å². The van der Waals surface area contributed by atoms with Gasteiger partial charge in [0.25, 0.3) is 11.6 Å². The summed E-state index contributed by atoms with van der Waals surface area (Å²) in [4.78, 5) is 33.3. The number of benzene rings is 1. The third kappa shape index (κ3) is 5.09. The van der Waals surface area contributed by atoms with Crippen LogP contribution in [0.15, 0.2) is 18.2 Å². The van der Waals surface area contributed by atoms with Crippen molar-refractivity contribution in [2.24, 2.45) is 0 Å². The average Bonchev–Trinajstić information content (AvgIpc) is 2.45. The van der Waals surface area contributed by atoms with E-state index in [1.807, 2.05) is 6.92 Å². The topological polar surface area (TPSA) is 127 Å². The number of nitrogens with one attached hydrogen (secondary N) is 2. The highest BCUT2D eigenvalue weighted by Gasteiger charge is 2.15. The molecular weight excluding hydrogens is 276 g/mol. The fourth-order valence-corrected chi connectivity index (χ4v) is 1.59. The summed E-state index contributed by atoms with van der Waals surface area (Å²) in [5.74, 6) is -0.637. The second-order valence-corrected chi connectivity index (χ2v) is 4.39. The minimum atomic E-state index is -0.649. The van der Waals surface area contributed by atoms with Crippen LogP contribution in [-0.2, 0) is 4.79 Å². The van der Waals surface area contributed by atoms with Gasteiger partial charge in [0.15, 0.2) is 0 Å². The van der Waals surface area contributed by atoms with E-state index >= 15 is 0 Å². The van der Waals surface area contributed by atoms with E-state index in [1.165, 1.54) is 12.1 Å². The van der Waals surface area contributed by atoms with E-state index in [-0.39, 0.29) is 35.8 Å². The van der Waals surface area contributed by atoms with Gasteiger partial charge in [0.1, 0.15) is 5.69 Å². The SMILES string of the molecule is CCCNC(=O)CCNC(=O)c1ccc(N)c([N+](=O)[O-])c1. The number of nitrogen functional groups attached to an aromatic ring is 1. The van der Waals surface area contributed by atoms with Crippen molar-refractivity contribution in [2.75, 3.05) is 18.8 Å². The fourth-order valence-electron chi connectivity index (χ4n) is 1.59. The number of nitro benzene ring substituents is 1. The lowest BCUT2D eigenvalue weighted by molar-refractivity contribution is -0.383. The number of anilines is 1. The fraction of sp³-hybridized carbons (Fsp3) is 0.385. The molecule has 1 rings (SSSR count). The second kappa shape index (κ2) is 7.83. The molecule has 0 radical (unpaired) electrons. The van der Waals surface area contributed by atoms with Crippen molar-refractivity contribution in [1.29, 1.82) is 0 Å². The van der Waals surface area contributed by atoms with Crippen molar-refractivity contribution >= 4 is 23.2 Å². The summed E-state index contributed by atoms with van der Waals surface area (Å²) < 4.78 is 0. The van der Waals surface area contributed by atoms with Crippen molar-refractivity contribution in [1.82, 2.24) is 10.6 Å². The van der Waals surface area contributed by atoms with E-state index in [4.69, 9.17) is 5.73 Å². The predicted octanol–water partition coefficient (Wildman–Crippen LogP) is 0.823. The van der Waals surface area contributed by atoms with Crippen LogP contribution < -0.4 is 16.4 Å². The molecule has 21 heavy (non-hydrogen) atoms. The summed E-state index contributed by atoms with van der Waals surface area (Å²) in [6, 6.07) is 3.82. The van der Waals surface area contributed by atoms with Gasteiger partial charge in [-0.2, -0.15) is 0 Å². The highest BCUT2D eigenvalue weighted by Crippen LogP contribution is 2.22. The predicted molar refractivity (Wildman–Crippen MR) is 77.8 cm³/mol. The number of amides is 2. The zero-order valence-corrected chi connectivity index (χ0v) is 11.7. The van der Waals surface area contributed by atoms with Gasteiger partial charge in [0.2, 0.25) is 5.91 Å². The van der Waals surface area contributed by atoms with E-state index in [9.17, 15) is 19.7 Å². The number of carbonyl (C=O) groups is 2. The zero-order valence-electron chi connectivity index (χ0n) is 11.7. The van der Waals surface area contributed by atoms with Crippen molar-refractivity contribution in [3.63, 3.8) is 0 Å². The van der Waals surface area contributed by atoms with Crippen LogP contribution in [0.25, 0.3) is 0 Å². The lowest BCUT2D eigenvalue weighted by Crippen LogP contribution is -2.31. The molecule has 0 aromatic heterocycles. The Bertz CT molecular complexity index is 545. The third-order valence-electron chi connectivity index (χ3n) is 2.70. The number of nitro groups is 1. The van der Waals surface area contributed by atoms with Crippen LogP contribution in [0.2, 0.25) is 0 Å². The van der Waals surface area contributed by atoms with Crippen molar-refractivity contribution in [3.05, 3.63) is 33.9 Å². The minimum Gasteiger partial charge on any atom is -0.393 e. The van der Waals surface area contributed by atoms with Gasteiger partial charge >= 0.3 is 0 Å². The molecule has 0 saturated carbocycles. The van der Waals surface area contributed by atoms with E-state index in [1.54, 1.807) is 0 Å². The lowest BCUT2D eigenvalue weighted by atomic mass is 10.1. The zero-order chi connectivity index (χ0) is 15.8. The summed E-state index contributed by atoms with van der Waals surface area (Å²) in [6.07, 6.45) is 0.996. The number of nitrogens with zero attached hydrogens (tertiary/aromatic N) is 1. The van der Waals surface area contributed by atoms with Gasteiger partial charge in [0.05, 0.1) is 4.92 Å².